The standard InChI is InChI=1S/C14H20N2O5/c17-9-10-3-1-6-14(20-10)7-2-4-12(21-14)16-8-5-11(18)15-13(16)19/h5,8,10,12,17H,1-4,6-7,9H2,(H,15,18,19)/t10-,12-,14-/m0/s1. The SMILES string of the molecule is O=c1ccn([C@@H]2CCC[C@]3(CCC[C@@H](CO)O3)O2)c(=O)[nH]1. The smallest absolute Gasteiger partial charge is 0.330 e. The number of H-pyrrole nitrogens is 1. The van der Waals surface area contributed by atoms with E-state index in [2.05, 4.69) is 4.98 Å². The van der Waals surface area contributed by atoms with E-state index in [1.165, 1.54) is 16.8 Å². The number of nitrogens with one attached hydrogen (secondary N) is 1. The number of aliphatic hydroxyl groups is 1. The summed E-state index contributed by atoms with van der Waals surface area (Å²) in [5, 5.41) is 9.29. The van der Waals surface area contributed by atoms with Crippen LogP contribution in [0.25, 0.3) is 0 Å². The fraction of sp³-hybridized carbons (Fsp3) is 0.714. The van der Waals surface area contributed by atoms with Crippen LogP contribution in [-0.2, 0) is 9.47 Å². The zero-order valence-corrected chi connectivity index (χ0v) is 11.8. The van der Waals surface area contributed by atoms with Gasteiger partial charge in [0, 0.05) is 25.1 Å². The van der Waals surface area contributed by atoms with Crippen molar-refractivity contribution in [1.82, 2.24) is 9.55 Å². The van der Waals surface area contributed by atoms with Crippen LogP contribution in [-0.4, -0.2) is 33.2 Å². The lowest BCUT2D eigenvalue weighted by Crippen LogP contribution is -2.49. The molecule has 2 N–H and O–H groups in total. The van der Waals surface area contributed by atoms with Crippen molar-refractivity contribution in [2.24, 2.45) is 0 Å². The van der Waals surface area contributed by atoms with Crippen LogP contribution < -0.4 is 11.2 Å². The van der Waals surface area contributed by atoms with Crippen LogP contribution >= 0.6 is 0 Å². The van der Waals surface area contributed by atoms with Gasteiger partial charge in [0.2, 0.25) is 0 Å². The summed E-state index contributed by atoms with van der Waals surface area (Å²) in [6, 6.07) is 1.31. The molecule has 0 aliphatic carbocycles. The Hall–Kier alpha value is -1.44. The number of rotatable bonds is 2. The Kier molecular flexibility index (Phi) is 3.97. The molecule has 21 heavy (non-hydrogen) atoms. The molecule has 0 radical (unpaired) electrons. The monoisotopic (exact) mass is 296 g/mol. The van der Waals surface area contributed by atoms with Gasteiger partial charge in [0.05, 0.1) is 12.7 Å². The minimum Gasteiger partial charge on any atom is -0.394 e. The molecule has 3 atom stereocenters. The third kappa shape index (κ3) is 2.95. The molecule has 7 nitrogen and oxygen atoms in total. The molecule has 0 saturated carbocycles. The summed E-state index contributed by atoms with van der Waals surface area (Å²) in [6.45, 7) is -0.0195. The molecule has 0 aromatic carbocycles. The first kappa shape index (κ1) is 14.5. The Bertz CT molecular complexity index is 606. The molecule has 0 unspecified atom stereocenters. The van der Waals surface area contributed by atoms with Crippen LogP contribution in [0.15, 0.2) is 21.9 Å². The van der Waals surface area contributed by atoms with Gasteiger partial charge in [-0.1, -0.05) is 0 Å². The molecule has 2 fully saturated rings. The van der Waals surface area contributed by atoms with E-state index < -0.39 is 23.3 Å². The normalized spacial score (nSPS) is 33.2. The van der Waals surface area contributed by atoms with Gasteiger partial charge in [-0.2, -0.15) is 0 Å². The highest BCUT2D eigenvalue weighted by Crippen LogP contribution is 2.41. The van der Waals surface area contributed by atoms with Crippen LogP contribution in [0.3, 0.4) is 0 Å². The van der Waals surface area contributed by atoms with E-state index in [1.807, 2.05) is 0 Å². The average molecular weight is 296 g/mol. The van der Waals surface area contributed by atoms with Crippen LogP contribution in [0, 0.1) is 0 Å². The lowest BCUT2D eigenvalue weighted by atomic mass is 9.94. The number of hydrogen-bond acceptors (Lipinski definition) is 5. The average Bonchev–Trinajstić information content (AvgIpc) is 2.47. The second kappa shape index (κ2) is 5.75. The predicted octanol–water partition coefficient (Wildman–Crippen LogP) is 0.493. The lowest BCUT2D eigenvalue weighted by Gasteiger charge is -2.45. The highest BCUT2D eigenvalue weighted by Gasteiger charge is 2.43. The van der Waals surface area contributed by atoms with Gasteiger partial charge in [0.1, 0.15) is 6.23 Å². The largest absolute Gasteiger partial charge is 0.394 e. The number of ether oxygens (including phenoxy) is 2. The van der Waals surface area contributed by atoms with Gasteiger partial charge in [0.25, 0.3) is 5.56 Å². The summed E-state index contributed by atoms with van der Waals surface area (Å²) in [5.41, 5.74) is -0.893. The molecule has 116 valence electrons. The fourth-order valence-corrected chi connectivity index (χ4v) is 3.18. The van der Waals surface area contributed by atoms with E-state index in [-0.39, 0.29) is 12.7 Å². The van der Waals surface area contributed by atoms with Crippen molar-refractivity contribution >= 4 is 0 Å². The zero-order valence-electron chi connectivity index (χ0n) is 11.8. The van der Waals surface area contributed by atoms with Gasteiger partial charge in [-0.25, -0.2) is 4.79 Å². The highest BCUT2D eigenvalue weighted by atomic mass is 16.7. The number of hydrogen-bond donors (Lipinski definition) is 2. The Labute approximate surface area is 121 Å². The summed E-state index contributed by atoms with van der Waals surface area (Å²) in [4.78, 5) is 25.3. The minimum atomic E-state index is -0.718. The van der Waals surface area contributed by atoms with Gasteiger partial charge in [0.15, 0.2) is 5.79 Å². The summed E-state index contributed by atoms with van der Waals surface area (Å²) < 4.78 is 13.4. The molecule has 1 spiro atoms. The van der Waals surface area contributed by atoms with E-state index in [9.17, 15) is 14.7 Å². The molecule has 2 saturated heterocycles. The third-order valence-corrected chi connectivity index (χ3v) is 4.19. The lowest BCUT2D eigenvalue weighted by molar-refractivity contribution is -0.331. The highest BCUT2D eigenvalue weighted by molar-refractivity contribution is 4.88. The van der Waals surface area contributed by atoms with Crippen LogP contribution in [0.1, 0.15) is 44.8 Å². The maximum absolute atomic E-state index is 11.9. The van der Waals surface area contributed by atoms with Crippen molar-refractivity contribution in [1.29, 1.82) is 0 Å². The molecule has 0 bridgehead atoms. The number of aromatic amines is 1. The van der Waals surface area contributed by atoms with Gasteiger partial charge in [-0.15, -0.1) is 0 Å². The van der Waals surface area contributed by atoms with Crippen molar-refractivity contribution in [2.45, 2.75) is 56.6 Å². The van der Waals surface area contributed by atoms with Crippen LogP contribution in [0.4, 0.5) is 0 Å². The molecule has 7 heteroatoms. The maximum atomic E-state index is 11.9. The number of nitrogens with zero attached hydrogens (tertiary/aromatic N) is 1. The van der Waals surface area contributed by atoms with E-state index in [0.29, 0.717) is 6.42 Å². The summed E-state index contributed by atoms with van der Waals surface area (Å²) in [6.07, 6.45) is 5.65. The van der Waals surface area contributed by atoms with E-state index in [1.54, 1.807) is 0 Å². The van der Waals surface area contributed by atoms with Crippen molar-refractivity contribution < 1.29 is 14.6 Å². The molecule has 3 heterocycles. The maximum Gasteiger partial charge on any atom is 0.330 e. The van der Waals surface area contributed by atoms with E-state index in [0.717, 1.165) is 32.1 Å². The first-order valence-electron chi connectivity index (χ1n) is 7.40. The van der Waals surface area contributed by atoms with Crippen molar-refractivity contribution in [3.05, 3.63) is 33.1 Å². The first-order chi connectivity index (χ1) is 10.1. The number of aliphatic hydroxyl groups excluding tert-OH is 1. The summed E-state index contributed by atoms with van der Waals surface area (Å²) >= 11 is 0. The number of aromatic nitrogens is 2. The zero-order chi connectivity index (χ0) is 14.9. The Balaban J connectivity index is 1.82. The fourth-order valence-electron chi connectivity index (χ4n) is 3.18. The van der Waals surface area contributed by atoms with E-state index >= 15 is 0 Å². The third-order valence-electron chi connectivity index (χ3n) is 4.19. The van der Waals surface area contributed by atoms with Crippen LogP contribution in [0.5, 0.6) is 0 Å². The molecule has 3 rings (SSSR count). The predicted molar refractivity (Wildman–Crippen MR) is 73.8 cm³/mol. The first-order valence-corrected chi connectivity index (χ1v) is 7.40. The second-order valence-corrected chi connectivity index (χ2v) is 5.71. The Morgan fingerprint density at radius 2 is 2.05 bits per heavy atom. The molecule has 2 aliphatic rings. The van der Waals surface area contributed by atoms with Gasteiger partial charge < -0.3 is 14.6 Å². The minimum absolute atomic E-state index is 0.0195. The molecular weight excluding hydrogens is 276 g/mol. The topological polar surface area (TPSA) is 93.6 Å². The summed E-state index contributed by atoms with van der Waals surface area (Å²) in [7, 11) is 0. The molecule has 1 aromatic heterocycles. The van der Waals surface area contributed by atoms with Crippen molar-refractivity contribution in [3.8, 4) is 0 Å². The molecular formula is C14H20N2O5. The van der Waals surface area contributed by atoms with Crippen molar-refractivity contribution in [2.75, 3.05) is 6.61 Å². The van der Waals surface area contributed by atoms with E-state index in [4.69, 9.17) is 9.47 Å². The van der Waals surface area contributed by atoms with Gasteiger partial charge >= 0.3 is 5.69 Å². The molecule has 2 aliphatic heterocycles. The van der Waals surface area contributed by atoms with Gasteiger partial charge in [-0.05, 0) is 25.7 Å². The van der Waals surface area contributed by atoms with Gasteiger partial charge in [-0.3, -0.25) is 14.3 Å². The van der Waals surface area contributed by atoms with Crippen molar-refractivity contribution in [3.63, 3.8) is 0 Å². The van der Waals surface area contributed by atoms with Crippen LogP contribution in [0.2, 0.25) is 0 Å². The molecule has 0 amide bonds. The summed E-state index contributed by atoms with van der Waals surface area (Å²) in [5.74, 6) is -0.718. The second-order valence-electron chi connectivity index (χ2n) is 5.71. The Morgan fingerprint density at radius 1 is 1.29 bits per heavy atom. The quantitative estimate of drug-likeness (QED) is 0.828. The Morgan fingerprint density at radius 3 is 2.76 bits per heavy atom. The molecule has 1 aromatic rings.